The zero-order chi connectivity index (χ0) is 15.0. The second kappa shape index (κ2) is 5.24. The van der Waals surface area contributed by atoms with Gasteiger partial charge in [-0.25, -0.2) is 0 Å². The summed E-state index contributed by atoms with van der Waals surface area (Å²) in [5.41, 5.74) is 6.21. The van der Waals surface area contributed by atoms with Crippen LogP contribution in [0.5, 0.6) is 0 Å². The van der Waals surface area contributed by atoms with Crippen molar-refractivity contribution in [3.8, 4) is 0 Å². The lowest BCUT2D eigenvalue weighted by Crippen LogP contribution is -2.42. The van der Waals surface area contributed by atoms with Gasteiger partial charge in [0.15, 0.2) is 5.96 Å². The third-order valence-corrected chi connectivity index (χ3v) is 4.37. The average Bonchev–Trinajstić information content (AvgIpc) is 3.06. The summed E-state index contributed by atoms with van der Waals surface area (Å²) in [6.45, 7) is 0.522. The van der Waals surface area contributed by atoms with E-state index >= 15 is 0 Å². The molecule has 1 atom stereocenters. The van der Waals surface area contributed by atoms with Crippen LogP contribution in [0.4, 0.5) is 13.2 Å². The lowest BCUT2D eigenvalue weighted by Gasteiger charge is -2.32. The Hall–Kier alpha value is -1.72. The quantitative estimate of drug-likeness (QED) is 0.910. The Bertz CT molecular complexity index is 530. The fourth-order valence-electron chi connectivity index (χ4n) is 3.29. The number of aliphatic imine (C=N–C) groups is 1. The van der Waals surface area contributed by atoms with Crippen LogP contribution >= 0.6 is 0 Å². The molecule has 1 fully saturated rings. The van der Waals surface area contributed by atoms with E-state index < -0.39 is 11.7 Å². The molecule has 1 heterocycles. The number of hydrogen-bond donors (Lipinski definition) is 1. The minimum absolute atomic E-state index is 0.0321. The molecule has 3 rings (SSSR count). The topological polar surface area (TPSA) is 41.6 Å². The number of nitrogens with zero attached hydrogens (tertiary/aromatic N) is 2. The zero-order valence-corrected chi connectivity index (χ0v) is 11.6. The summed E-state index contributed by atoms with van der Waals surface area (Å²) < 4.78 is 37.9. The molecule has 114 valence electrons. The summed E-state index contributed by atoms with van der Waals surface area (Å²) in [6, 6.07) is 5.69. The van der Waals surface area contributed by atoms with Crippen LogP contribution < -0.4 is 5.73 Å². The number of halogens is 3. The third-order valence-electron chi connectivity index (χ3n) is 4.37. The van der Waals surface area contributed by atoms with Crippen molar-refractivity contribution >= 4 is 5.96 Å². The molecule has 0 amide bonds. The smallest absolute Gasteiger partial charge is 0.370 e. The van der Waals surface area contributed by atoms with E-state index in [1.807, 2.05) is 0 Å². The number of nitrogens with two attached hydrogens (primary N) is 1. The minimum atomic E-state index is -4.30. The molecule has 1 aromatic rings. The van der Waals surface area contributed by atoms with Gasteiger partial charge >= 0.3 is 6.18 Å². The van der Waals surface area contributed by atoms with Crippen molar-refractivity contribution in [2.24, 2.45) is 10.7 Å². The molecule has 2 aliphatic rings. The van der Waals surface area contributed by atoms with Crippen LogP contribution in [0, 0.1) is 0 Å². The van der Waals surface area contributed by atoms with Crippen LogP contribution in [0.2, 0.25) is 0 Å². The van der Waals surface area contributed by atoms with Gasteiger partial charge in [-0.1, -0.05) is 25.0 Å². The second-order valence-corrected chi connectivity index (χ2v) is 5.68. The summed E-state index contributed by atoms with van der Waals surface area (Å²) in [6.07, 6.45) is 0.206. The van der Waals surface area contributed by atoms with E-state index in [4.69, 9.17) is 5.73 Å². The lowest BCUT2D eigenvalue weighted by atomic mass is 10.0. The van der Waals surface area contributed by atoms with E-state index in [9.17, 15) is 13.2 Å². The average molecular weight is 297 g/mol. The first-order valence-electron chi connectivity index (χ1n) is 7.22. The molecule has 2 N–H and O–H groups in total. The highest BCUT2D eigenvalue weighted by atomic mass is 19.4. The number of rotatable bonds is 2. The molecule has 6 heteroatoms. The molecule has 0 spiro atoms. The van der Waals surface area contributed by atoms with Gasteiger partial charge in [0, 0.05) is 6.04 Å². The number of hydrogen-bond acceptors (Lipinski definition) is 3. The molecule has 0 radical (unpaired) electrons. The highest BCUT2D eigenvalue weighted by molar-refractivity contribution is 5.80. The van der Waals surface area contributed by atoms with E-state index in [0.717, 1.165) is 30.5 Å². The molecule has 0 aromatic heterocycles. The van der Waals surface area contributed by atoms with Crippen LogP contribution in [0.25, 0.3) is 0 Å². The zero-order valence-electron chi connectivity index (χ0n) is 11.6. The molecule has 1 aromatic carbocycles. The maximum Gasteiger partial charge on any atom is 0.416 e. The van der Waals surface area contributed by atoms with Gasteiger partial charge in [-0.15, -0.1) is 0 Å². The third kappa shape index (κ3) is 2.71. The summed E-state index contributed by atoms with van der Waals surface area (Å²) in [7, 11) is 0. The van der Waals surface area contributed by atoms with Crippen LogP contribution in [0.3, 0.4) is 0 Å². The van der Waals surface area contributed by atoms with Crippen LogP contribution in [-0.4, -0.2) is 23.4 Å². The van der Waals surface area contributed by atoms with Crippen molar-refractivity contribution in [3.63, 3.8) is 0 Å². The van der Waals surface area contributed by atoms with E-state index in [-0.39, 0.29) is 6.04 Å². The summed E-state index contributed by atoms with van der Waals surface area (Å²) in [4.78, 5) is 6.38. The van der Waals surface area contributed by atoms with Gasteiger partial charge in [-0.05, 0) is 30.5 Å². The predicted molar refractivity (Wildman–Crippen MR) is 74.8 cm³/mol. The van der Waals surface area contributed by atoms with E-state index in [1.165, 1.54) is 12.8 Å². The number of guanidine groups is 1. The van der Waals surface area contributed by atoms with Crippen molar-refractivity contribution in [2.45, 2.75) is 43.9 Å². The van der Waals surface area contributed by atoms with Gasteiger partial charge < -0.3 is 10.6 Å². The van der Waals surface area contributed by atoms with Crippen molar-refractivity contribution in [1.82, 2.24) is 4.90 Å². The SMILES string of the molecule is NC1=NCC(c2ccc(C(F)(F)F)cc2)N1C1CCCC1. The fourth-order valence-corrected chi connectivity index (χ4v) is 3.29. The van der Waals surface area contributed by atoms with Gasteiger partial charge in [0.05, 0.1) is 18.2 Å². The number of benzene rings is 1. The second-order valence-electron chi connectivity index (χ2n) is 5.68. The standard InChI is InChI=1S/C15H18F3N3/c16-15(17,18)11-7-5-10(6-8-11)13-9-20-14(19)21(13)12-3-1-2-4-12/h5-8,12-13H,1-4,9H2,(H2,19,20). The van der Waals surface area contributed by atoms with Gasteiger partial charge in [-0.2, -0.15) is 13.2 Å². The first kappa shape index (κ1) is 14.2. The summed E-state index contributed by atoms with van der Waals surface area (Å²) in [5, 5.41) is 0. The van der Waals surface area contributed by atoms with Gasteiger partial charge in [0.2, 0.25) is 0 Å². The molecule has 0 saturated heterocycles. The van der Waals surface area contributed by atoms with Gasteiger partial charge in [0.1, 0.15) is 0 Å². The molecule has 3 nitrogen and oxygen atoms in total. The monoisotopic (exact) mass is 297 g/mol. The Labute approximate surface area is 121 Å². The maximum absolute atomic E-state index is 12.6. The minimum Gasteiger partial charge on any atom is -0.370 e. The molecule has 21 heavy (non-hydrogen) atoms. The fraction of sp³-hybridized carbons (Fsp3) is 0.533. The first-order chi connectivity index (χ1) is 9.97. The maximum atomic E-state index is 12.6. The van der Waals surface area contributed by atoms with Crippen LogP contribution in [0.15, 0.2) is 29.3 Å². The Morgan fingerprint density at radius 3 is 2.29 bits per heavy atom. The molecular formula is C15H18F3N3. The van der Waals surface area contributed by atoms with Crippen molar-refractivity contribution in [1.29, 1.82) is 0 Å². The molecule has 0 bridgehead atoms. The van der Waals surface area contributed by atoms with Crippen molar-refractivity contribution in [2.75, 3.05) is 6.54 Å². The predicted octanol–water partition coefficient (Wildman–Crippen LogP) is 3.32. The molecule has 1 saturated carbocycles. The van der Waals surface area contributed by atoms with Gasteiger partial charge in [0.25, 0.3) is 0 Å². The first-order valence-corrected chi connectivity index (χ1v) is 7.22. The molecular weight excluding hydrogens is 279 g/mol. The summed E-state index contributed by atoms with van der Waals surface area (Å²) in [5.74, 6) is 0.520. The van der Waals surface area contributed by atoms with Crippen molar-refractivity contribution < 1.29 is 13.2 Å². The Kier molecular flexibility index (Phi) is 3.55. The van der Waals surface area contributed by atoms with E-state index in [1.54, 1.807) is 12.1 Å². The lowest BCUT2D eigenvalue weighted by molar-refractivity contribution is -0.137. The molecule has 1 aliphatic heterocycles. The normalized spacial score (nSPS) is 23.7. The number of alkyl halides is 3. The van der Waals surface area contributed by atoms with Crippen LogP contribution in [0.1, 0.15) is 42.9 Å². The Balaban J connectivity index is 1.82. The Morgan fingerprint density at radius 1 is 1.10 bits per heavy atom. The van der Waals surface area contributed by atoms with E-state index in [0.29, 0.717) is 18.5 Å². The molecule has 1 aliphatic carbocycles. The highest BCUT2D eigenvalue weighted by Crippen LogP contribution is 2.35. The van der Waals surface area contributed by atoms with Crippen LogP contribution in [-0.2, 0) is 6.18 Å². The van der Waals surface area contributed by atoms with Crippen molar-refractivity contribution in [3.05, 3.63) is 35.4 Å². The largest absolute Gasteiger partial charge is 0.416 e. The van der Waals surface area contributed by atoms with Gasteiger partial charge in [-0.3, -0.25) is 4.99 Å². The van der Waals surface area contributed by atoms with E-state index in [2.05, 4.69) is 9.89 Å². The molecule has 1 unspecified atom stereocenters. The Morgan fingerprint density at radius 2 is 1.71 bits per heavy atom. The highest BCUT2D eigenvalue weighted by Gasteiger charge is 2.35. The summed E-state index contributed by atoms with van der Waals surface area (Å²) >= 11 is 0.